The van der Waals surface area contributed by atoms with Crippen LogP contribution in [0.1, 0.15) is 30.5 Å². The maximum absolute atomic E-state index is 13.4. The van der Waals surface area contributed by atoms with Gasteiger partial charge in [0.15, 0.2) is 0 Å². The predicted octanol–water partition coefficient (Wildman–Crippen LogP) is 4.19. The molecule has 32 heavy (non-hydrogen) atoms. The second-order valence-corrected chi connectivity index (χ2v) is 8.59. The van der Waals surface area contributed by atoms with E-state index in [0.717, 1.165) is 44.5 Å². The molecule has 3 aromatic rings. The Labute approximate surface area is 189 Å². The van der Waals surface area contributed by atoms with Crippen molar-refractivity contribution in [3.05, 3.63) is 71.7 Å². The molecule has 170 valence electrons. The number of methoxy groups -OCH3 is 1. The number of nitrogens with zero attached hydrogens (tertiary/aromatic N) is 2. The molecular weight excluding hydrogens is 405 g/mol. The summed E-state index contributed by atoms with van der Waals surface area (Å²) in [4.78, 5) is 14.9. The monoisotopic (exact) mass is 437 g/mol. The van der Waals surface area contributed by atoms with Gasteiger partial charge in [-0.2, -0.15) is 0 Å². The van der Waals surface area contributed by atoms with Crippen molar-refractivity contribution in [2.24, 2.45) is 5.92 Å². The molecule has 6 heteroatoms. The van der Waals surface area contributed by atoms with Crippen LogP contribution in [0.25, 0.3) is 10.9 Å². The van der Waals surface area contributed by atoms with Gasteiger partial charge in [-0.25, -0.2) is 4.39 Å². The lowest BCUT2D eigenvalue weighted by molar-refractivity contribution is -0.126. The molecule has 1 fully saturated rings. The number of para-hydroxylation sites is 1. The summed E-state index contributed by atoms with van der Waals surface area (Å²) in [5, 5.41) is 4.26. The fourth-order valence-corrected chi connectivity index (χ4v) is 4.51. The number of likely N-dealkylation sites (tertiary alicyclic amines) is 1. The number of benzene rings is 2. The van der Waals surface area contributed by atoms with E-state index >= 15 is 0 Å². The molecule has 0 atom stereocenters. The molecule has 1 amide bonds. The molecule has 5 nitrogen and oxygen atoms in total. The van der Waals surface area contributed by atoms with Crippen molar-refractivity contribution < 1.29 is 13.9 Å². The van der Waals surface area contributed by atoms with Gasteiger partial charge in [0, 0.05) is 50.5 Å². The van der Waals surface area contributed by atoms with Gasteiger partial charge in [-0.15, -0.1) is 0 Å². The second kappa shape index (κ2) is 10.7. The first-order valence-electron chi connectivity index (χ1n) is 11.4. The number of carbonyl (C=O) groups is 1. The summed E-state index contributed by atoms with van der Waals surface area (Å²) in [5.74, 6) is 0.0574. The van der Waals surface area contributed by atoms with Crippen LogP contribution in [0.4, 0.5) is 4.39 Å². The van der Waals surface area contributed by atoms with E-state index in [1.54, 1.807) is 7.11 Å². The number of rotatable bonds is 9. The number of carbonyl (C=O) groups excluding carboxylic acids is 1. The molecule has 0 radical (unpaired) electrons. The van der Waals surface area contributed by atoms with Crippen LogP contribution in [0.3, 0.4) is 0 Å². The minimum absolute atomic E-state index is 0.0962. The van der Waals surface area contributed by atoms with Gasteiger partial charge in [-0.05, 0) is 67.6 Å². The highest BCUT2D eigenvalue weighted by molar-refractivity contribution is 5.81. The van der Waals surface area contributed by atoms with E-state index in [2.05, 4.69) is 45.1 Å². The number of amides is 1. The van der Waals surface area contributed by atoms with Crippen LogP contribution in [-0.4, -0.2) is 48.7 Å². The zero-order chi connectivity index (χ0) is 22.3. The predicted molar refractivity (Wildman–Crippen MR) is 125 cm³/mol. The highest BCUT2D eigenvalue weighted by Crippen LogP contribution is 2.25. The third kappa shape index (κ3) is 5.56. The van der Waals surface area contributed by atoms with Gasteiger partial charge in [0.1, 0.15) is 5.82 Å². The zero-order valence-corrected chi connectivity index (χ0v) is 18.7. The number of fused-ring (bicyclic) bond motifs is 1. The van der Waals surface area contributed by atoms with Gasteiger partial charge >= 0.3 is 0 Å². The smallest absolute Gasteiger partial charge is 0.223 e. The van der Waals surface area contributed by atoms with E-state index in [4.69, 9.17) is 4.74 Å². The summed E-state index contributed by atoms with van der Waals surface area (Å²) in [7, 11) is 1.68. The van der Waals surface area contributed by atoms with Crippen LogP contribution in [0.5, 0.6) is 0 Å². The Morgan fingerprint density at radius 3 is 2.59 bits per heavy atom. The normalized spacial score (nSPS) is 15.3. The Kier molecular flexibility index (Phi) is 7.55. The Morgan fingerprint density at radius 2 is 1.84 bits per heavy atom. The fourth-order valence-electron chi connectivity index (χ4n) is 4.51. The quantitative estimate of drug-likeness (QED) is 0.511. The third-order valence-corrected chi connectivity index (χ3v) is 6.32. The first-order chi connectivity index (χ1) is 15.6. The van der Waals surface area contributed by atoms with Gasteiger partial charge in [0.25, 0.3) is 0 Å². The average Bonchev–Trinajstić information content (AvgIpc) is 3.15. The molecule has 0 bridgehead atoms. The largest absolute Gasteiger partial charge is 0.385 e. The summed E-state index contributed by atoms with van der Waals surface area (Å²) in [6.45, 7) is 4.73. The SMILES string of the molecule is COCCCNC(=O)C1CCN(Cc2cc3ccccc3n2Cc2ccc(F)cc2)CC1. The summed E-state index contributed by atoms with van der Waals surface area (Å²) < 4.78 is 20.7. The van der Waals surface area contributed by atoms with Crippen LogP contribution in [0.15, 0.2) is 54.6 Å². The van der Waals surface area contributed by atoms with Gasteiger partial charge in [0.05, 0.1) is 0 Å². The van der Waals surface area contributed by atoms with E-state index in [1.807, 2.05) is 12.1 Å². The topological polar surface area (TPSA) is 46.5 Å². The maximum atomic E-state index is 13.4. The van der Waals surface area contributed by atoms with Crippen LogP contribution in [0.2, 0.25) is 0 Å². The van der Waals surface area contributed by atoms with Crippen molar-refractivity contribution in [2.75, 3.05) is 33.4 Å². The third-order valence-electron chi connectivity index (χ3n) is 6.32. The molecule has 1 saturated heterocycles. The lowest BCUT2D eigenvalue weighted by Crippen LogP contribution is -2.40. The fraction of sp³-hybridized carbons (Fsp3) is 0.423. The van der Waals surface area contributed by atoms with E-state index in [9.17, 15) is 9.18 Å². The van der Waals surface area contributed by atoms with Gasteiger partial charge in [-0.3, -0.25) is 9.69 Å². The van der Waals surface area contributed by atoms with Crippen LogP contribution in [0, 0.1) is 11.7 Å². The summed E-state index contributed by atoms with van der Waals surface area (Å²) in [6.07, 6.45) is 2.61. The summed E-state index contributed by atoms with van der Waals surface area (Å²) >= 11 is 0. The van der Waals surface area contributed by atoms with Crippen LogP contribution in [-0.2, 0) is 22.6 Å². The van der Waals surface area contributed by atoms with Crippen molar-refractivity contribution in [1.82, 2.24) is 14.8 Å². The average molecular weight is 438 g/mol. The Bertz CT molecular complexity index is 1020. The minimum Gasteiger partial charge on any atom is -0.385 e. The molecule has 0 saturated carbocycles. The Hall–Kier alpha value is -2.70. The van der Waals surface area contributed by atoms with Crippen LogP contribution < -0.4 is 5.32 Å². The van der Waals surface area contributed by atoms with Crippen molar-refractivity contribution in [3.8, 4) is 0 Å². The van der Waals surface area contributed by atoms with E-state index in [0.29, 0.717) is 19.7 Å². The maximum Gasteiger partial charge on any atom is 0.223 e. The zero-order valence-electron chi connectivity index (χ0n) is 18.7. The molecular formula is C26H32FN3O2. The van der Waals surface area contributed by atoms with E-state index in [-0.39, 0.29) is 17.6 Å². The molecule has 2 heterocycles. The van der Waals surface area contributed by atoms with Crippen molar-refractivity contribution >= 4 is 16.8 Å². The molecule has 0 aliphatic carbocycles. The first kappa shape index (κ1) is 22.5. The highest BCUT2D eigenvalue weighted by atomic mass is 19.1. The Morgan fingerprint density at radius 1 is 1.09 bits per heavy atom. The van der Waals surface area contributed by atoms with E-state index < -0.39 is 0 Å². The van der Waals surface area contributed by atoms with Crippen molar-refractivity contribution in [2.45, 2.75) is 32.4 Å². The molecule has 1 aromatic heterocycles. The van der Waals surface area contributed by atoms with Crippen molar-refractivity contribution in [3.63, 3.8) is 0 Å². The molecule has 2 aromatic carbocycles. The number of hydrogen-bond acceptors (Lipinski definition) is 3. The lowest BCUT2D eigenvalue weighted by Gasteiger charge is -2.31. The molecule has 1 N–H and O–H groups in total. The summed E-state index contributed by atoms with van der Waals surface area (Å²) in [5.41, 5.74) is 3.52. The number of nitrogens with one attached hydrogen (secondary N) is 1. The second-order valence-electron chi connectivity index (χ2n) is 8.59. The minimum atomic E-state index is -0.211. The standard InChI is InChI=1S/C26H32FN3O2/c1-32-16-4-13-28-26(31)21-11-14-29(15-12-21)19-24-17-22-5-2-3-6-25(22)30(24)18-20-7-9-23(27)10-8-20/h2-3,5-10,17,21H,4,11-16,18-19H2,1H3,(H,28,31). The van der Waals surface area contributed by atoms with E-state index in [1.165, 1.54) is 28.7 Å². The number of halogens is 1. The number of ether oxygens (including phenoxy) is 1. The number of aromatic nitrogens is 1. The molecule has 1 aliphatic heterocycles. The van der Waals surface area contributed by atoms with Gasteiger partial charge < -0.3 is 14.6 Å². The molecule has 1 aliphatic rings. The van der Waals surface area contributed by atoms with Gasteiger partial charge in [0.2, 0.25) is 5.91 Å². The number of piperidine rings is 1. The first-order valence-corrected chi connectivity index (χ1v) is 11.4. The molecule has 0 spiro atoms. The molecule has 0 unspecified atom stereocenters. The van der Waals surface area contributed by atoms with Gasteiger partial charge in [-0.1, -0.05) is 30.3 Å². The Balaban J connectivity index is 1.40. The molecule has 4 rings (SSSR count). The highest BCUT2D eigenvalue weighted by Gasteiger charge is 2.25. The lowest BCUT2D eigenvalue weighted by atomic mass is 9.96. The van der Waals surface area contributed by atoms with Crippen LogP contribution >= 0.6 is 0 Å². The van der Waals surface area contributed by atoms with Crippen molar-refractivity contribution in [1.29, 1.82) is 0 Å². The summed E-state index contributed by atoms with van der Waals surface area (Å²) in [6, 6.07) is 17.4. The number of hydrogen-bond donors (Lipinski definition) is 1.